The summed E-state index contributed by atoms with van der Waals surface area (Å²) in [5, 5.41) is 17.4. The van der Waals surface area contributed by atoms with Crippen molar-refractivity contribution in [1.82, 2.24) is 9.80 Å². The number of carbonyl (C=O) groups excluding carboxylic acids is 2. The van der Waals surface area contributed by atoms with Gasteiger partial charge >= 0.3 is 6.03 Å². The average molecular weight is 286 g/mol. The molecule has 0 aliphatic carbocycles. The minimum absolute atomic E-state index is 0.0352. The SMILES string of the molecule is C[C@@]1(c2ccco2)C(=O)N(CCC#N)C(=O)N1CCC#N. The van der Waals surface area contributed by atoms with E-state index in [0.29, 0.717) is 5.76 Å². The molecular formula is C14H14N4O3. The second-order valence-electron chi connectivity index (χ2n) is 4.76. The quantitative estimate of drug-likeness (QED) is 0.765. The van der Waals surface area contributed by atoms with Crippen molar-refractivity contribution >= 4 is 11.9 Å². The maximum Gasteiger partial charge on any atom is 0.328 e. The van der Waals surface area contributed by atoms with E-state index >= 15 is 0 Å². The number of hydrogen-bond acceptors (Lipinski definition) is 5. The first-order valence-electron chi connectivity index (χ1n) is 6.48. The molecule has 108 valence electrons. The second kappa shape index (κ2) is 5.68. The first kappa shape index (κ1) is 14.6. The van der Waals surface area contributed by atoms with Gasteiger partial charge in [-0.3, -0.25) is 9.69 Å². The summed E-state index contributed by atoms with van der Waals surface area (Å²) in [6.07, 6.45) is 1.61. The van der Waals surface area contributed by atoms with Crippen LogP contribution in [-0.4, -0.2) is 34.8 Å². The molecule has 1 saturated heterocycles. The molecule has 0 spiro atoms. The van der Waals surface area contributed by atoms with Crippen LogP contribution in [0.25, 0.3) is 0 Å². The summed E-state index contributed by atoms with van der Waals surface area (Å²) in [4.78, 5) is 27.4. The maximum atomic E-state index is 12.6. The van der Waals surface area contributed by atoms with Gasteiger partial charge in [-0.05, 0) is 19.1 Å². The molecule has 1 fully saturated rings. The average Bonchev–Trinajstić information content (AvgIpc) is 3.06. The van der Waals surface area contributed by atoms with Gasteiger partial charge in [-0.1, -0.05) is 0 Å². The molecule has 0 aromatic carbocycles. The smallest absolute Gasteiger partial charge is 0.328 e. The van der Waals surface area contributed by atoms with Crippen LogP contribution in [0.15, 0.2) is 22.8 Å². The van der Waals surface area contributed by atoms with E-state index in [1.807, 2.05) is 12.1 Å². The topological polar surface area (TPSA) is 101 Å². The lowest BCUT2D eigenvalue weighted by molar-refractivity contribution is -0.133. The zero-order chi connectivity index (χ0) is 15.5. The Bertz CT molecular complexity index is 626. The standard InChI is InChI=1S/C14H14N4O3/c1-14(11-5-2-10-21-11)12(19)17(8-3-6-15)13(20)18(14)9-4-7-16/h2,5,10H,3-4,8-9H2,1H3/t14-/m1/s1. The fraction of sp³-hybridized carbons (Fsp3) is 0.429. The van der Waals surface area contributed by atoms with Gasteiger partial charge in [0.1, 0.15) is 5.76 Å². The van der Waals surface area contributed by atoms with Gasteiger partial charge in [0.05, 0.1) is 31.2 Å². The van der Waals surface area contributed by atoms with Crippen LogP contribution in [0.1, 0.15) is 25.5 Å². The highest BCUT2D eigenvalue weighted by molar-refractivity contribution is 6.06. The molecule has 21 heavy (non-hydrogen) atoms. The highest BCUT2D eigenvalue weighted by Crippen LogP contribution is 2.37. The molecule has 0 unspecified atom stereocenters. The third-order valence-electron chi connectivity index (χ3n) is 3.56. The number of nitrogens with zero attached hydrogens (tertiary/aromatic N) is 4. The molecular weight excluding hydrogens is 272 g/mol. The number of hydrogen-bond donors (Lipinski definition) is 0. The monoisotopic (exact) mass is 286 g/mol. The fourth-order valence-corrected chi connectivity index (χ4v) is 2.44. The lowest BCUT2D eigenvalue weighted by atomic mass is 9.97. The number of carbonyl (C=O) groups is 2. The molecule has 1 atom stereocenters. The zero-order valence-corrected chi connectivity index (χ0v) is 11.6. The molecule has 7 nitrogen and oxygen atoms in total. The Hall–Kier alpha value is -2.80. The summed E-state index contributed by atoms with van der Waals surface area (Å²) >= 11 is 0. The first-order chi connectivity index (χ1) is 10.1. The van der Waals surface area contributed by atoms with Crippen molar-refractivity contribution in [3.63, 3.8) is 0 Å². The Balaban J connectivity index is 2.40. The number of nitriles is 2. The molecule has 2 heterocycles. The number of furan rings is 1. The van der Waals surface area contributed by atoms with Gasteiger partial charge in [0, 0.05) is 13.1 Å². The summed E-state index contributed by atoms with van der Waals surface area (Å²) in [5.74, 6) is -0.0890. The van der Waals surface area contributed by atoms with Crippen LogP contribution in [0.2, 0.25) is 0 Å². The third kappa shape index (κ3) is 2.23. The highest BCUT2D eigenvalue weighted by Gasteiger charge is 2.56. The Morgan fingerprint density at radius 2 is 1.90 bits per heavy atom. The molecule has 1 aromatic rings. The summed E-state index contributed by atoms with van der Waals surface area (Å²) in [7, 11) is 0. The van der Waals surface area contributed by atoms with Crippen LogP contribution in [0.3, 0.4) is 0 Å². The molecule has 1 aromatic heterocycles. The van der Waals surface area contributed by atoms with Gasteiger partial charge in [0.15, 0.2) is 5.54 Å². The molecule has 1 aliphatic heterocycles. The van der Waals surface area contributed by atoms with E-state index in [9.17, 15) is 9.59 Å². The van der Waals surface area contributed by atoms with Crippen molar-refractivity contribution < 1.29 is 14.0 Å². The summed E-state index contributed by atoms with van der Waals surface area (Å²) < 4.78 is 5.31. The minimum Gasteiger partial charge on any atom is -0.466 e. The zero-order valence-electron chi connectivity index (χ0n) is 11.6. The molecule has 3 amide bonds. The number of rotatable bonds is 5. The van der Waals surface area contributed by atoms with Gasteiger partial charge in [-0.2, -0.15) is 10.5 Å². The van der Waals surface area contributed by atoms with Crippen molar-refractivity contribution in [2.45, 2.75) is 25.3 Å². The number of imide groups is 1. The Labute approximate surface area is 121 Å². The predicted octanol–water partition coefficient (Wildman–Crippen LogP) is 1.59. The van der Waals surface area contributed by atoms with Crippen molar-refractivity contribution in [2.24, 2.45) is 0 Å². The Morgan fingerprint density at radius 3 is 2.48 bits per heavy atom. The van der Waals surface area contributed by atoms with Crippen LogP contribution in [0.5, 0.6) is 0 Å². The maximum absolute atomic E-state index is 12.6. The predicted molar refractivity (Wildman–Crippen MR) is 70.3 cm³/mol. The molecule has 0 N–H and O–H groups in total. The van der Waals surface area contributed by atoms with E-state index < -0.39 is 17.5 Å². The van der Waals surface area contributed by atoms with Gasteiger partial charge in [0.25, 0.3) is 5.91 Å². The second-order valence-corrected chi connectivity index (χ2v) is 4.76. The van der Waals surface area contributed by atoms with Crippen LogP contribution in [0.4, 0.5) is 4.79 Å². The van der Waals surface area contributed by atoms with Crippen LogP contribution >= 0.6 is 0 Å². The Morgan fingerprint density at radius 1 is 1.24 bits per heavy atom. The van der Waals surface area contributed by atoms with Gasteiger partial charge in [-0.25, -0.2) is 4.79 Å². The van der Waals surface area contributed by atoms with E-state index in [-0.39, 0.29) is 25.9 Å². The van der Waals surface area contributed by atoms with E-state index in [0.717, 1.165) is 4.90 Å². The Kier molecular flexibility index (Phi) is 3.95. The van der Waals surface area contributed by atoms with E-state index in [1.54, 1.807) is 19.1 Å². The van der Waals surface area contributed by atoms with Crippen molar-refractivity contribution in [3.8, 4) is 12.1 Å². The van der Waals surface area contributed by atoms with Crippen molar-refractivity contribution in [2.75, 3.05) is 13.1 Å². The fourth-order valence-electron chi connectivity index (χ4n) is 2.44. The lowest BCUT2D eigenvalue weighted by Gasteiger charge is -2.29. The molecule has 0 radical (unpaired) electrons. The van der Waals surface area contributed by atoms with E-state index in [1.165, 1.54) is 11.2 Å². The normalized spacial score (nSPS) is 21.5. The van der Waals surface area contributed by atoms with E-state index in [4.69, 9.17) is 14.9 Å². The van der Waals surface area contributed by atoms with Gasteiger partial charge in [-0.15, -0.1) is 0 Å². The summed E-state index contributed by atoms with van der Waals surface area (Å²) in [6, 6.07) is 6.64. The van der Waals surface area contributed by atoms with E-state index in [2.05, 4.69) is 0 Å². The van der Waals surface area contributed by atoms with Gasteiger partial charge < -0.3 is 9.32 Å². The van der Waals surface area contributed by atoms with Crippen LogP contribution < -0.4 is 0 Å². The van der Waals surface area contributed by atoms with Crippen molar-refractivity contribution in [1.29, 1.82) is 10.5 Å². The molecule has 1 aliphatic rings. The third-order valence-corrected chi connectivity index (χ3v) is 3.56. The molecule has 2 rings (SSSR count). The van der Waals surface area contributed by atoms with Crippen molar-refractivity contribution in [3.05, 3.63) is 24.2 Å². The number of amides is 3. The van der Waals surface area contributed by atoms with Gasteiger partial charge in [0.2, 0.25) is 0 Å². The highest BCUT2D eigenvalue weighted by atomic mass is 16.3. The van der Waals surface area contributed by atoms with Crippen LogP contribution in [-0.2, 0) is 10.3 Å². The minimum atomic E-state index is -1.27. The first-order valence-corrected chi connectivity index (χ1v) is 6.48. The summed E-state index contributed by atoms with van der Waals surface area (Å²) in [5.41, 5.74) is -1.27. The van der Waals surface area contributed by atoms with Crippen LogP contribution in [0, 0.1) is 22.7 Å². The molecule has 0 bridgehead atoms. The number of urea groups is 1. The lowest BCUT2D eigenvalue weighted by Crippen LogP contribution is -2.44. The molecule has 7 heteroatoms. The molecule has 0 saturated carbocycles. The largest absolute Gasteiger partial charge is 0.466 e. The summed E-state index contributed by atoms with van der Waals surface area (Å²) in [6.45, 7) is 1.75.